The number of hydrogen-bond donors (Lipinski definition) is 2. The van der Waals surface area contributed by atoms with Gasteiger partial charge in [0.25, 0.3) is 0 Å². The molecule has 0 aromatic rings. The van der Waals surface area contributed by atoms with Crippen molar-refractivity contribution in [3.63, 3.8) is 0 Å². The fourth-order valence-electron chi connectivity index (χ4n) is 3.81. The Morgan fingerprint density at radius 3 is 2.23 bits per heavy atom. The molecule has 0 radical (unpaired) electrons. The minimum Gasteiger partial charge on any atom is -0.478 e. The van der Waals surface area contributed by atoms with Crippen LogP contribution in [0, 0.1) is 0 Å². The third kappa shape index (κ3) is 12.0. The van der Waals surface area contributed by atoms with E-state index in [2.05, 4.69) is 0 Å². The second-order valence-corrected chi connectivity index (χ2v) is 8.63. The van der Waals surface area contributed by atoms with Gasteiger partial charge in [-0.2, -0.15) is 0 Å². The Balaban J connectivity index is 2.41. The van der Waals surface area contributed by atoms with E-state index in [1.807, 2.05) is 20.8 Å². The molecule has 1 saturated heterocycles. The first-order valence-corrected chi connectivity index (χ1v) is 11.3. The fraction of sp³-hybridized carbons (Fsp3) is 0.870. The van der Waals surface area contributed by atoms with Crippen molar-refractivity contribution in [2.24, 2.45) is 0 Å². The first kappa shape index (κ1) is 27.0. The molecule has 0 aromatic heterocycles. The Morgan fingerprint density at radius 2 is 1.67 bits per heavy atom. The molecule has 0 aromatic carbocycles. The van der Waals surface area contributed by atoms with Gasteiger partial charge in [0.1, 0.15) is 19.0 Å². The van der Waals surface area contributed by atoms with Gasteiger partial charge in [-0.15, -0.1) is 0 Å². The number of unbranched alkanes of at least 4 members (excludes halogenated alkanes) is 7. The quantitative estimate of drug-likeness (QED) is 0.213. The van der Waals surface area contributed by atoms with Crippen LogP contribution in [0.25, 0.3) is 0 Å². The van der Waals surface area contributed by atoms with Gasteiger partial charge in [0.15, 0.2) is 5.79 Å². The maximum atomic E-state index is 10.9. The number of methoxy groups -OCH3 is 1. The van der Waals surface area contributed by atoms with Gasteiger partial charge in [-0.25, -0.2) is 4.79 Å². The van der Waals surface area contributed by atoms with Gasteiger partial charge in [-0.05, 0) is 39.7 Å². The molecule has 1 heterocycles. The average Bonchev–Trinajstić information content (AvgIpc) is 2.66. The molecule has 30 heavy (non-hydrogen) atoms. The zero-order chi connectivity index (χ0) is 22.4. The van der Waals surface area contributed by atoms with E-state index in [1.54, 1.807) is 7.11 Å². The molecule has 0 saturated carbocycles. The molecule has 0 aliphatic carbocycles. The summed E-state index contributed by atoms with van der Waals surface area (Å²) in [5.74, 6) is -1.83. The number of hydrogen-bond acceptors (Lipinski definition) is 6. The van der Waals surface area contributed by atoms with Crippen molar-refractivity contribution in [2.45, 2.75) is 115 Å². The maximum absolute atomic E-state index is 10.9. The Morgan fingerprint density at radius 1 is 1.07 bits per heavy atom. The van der Waals surface area contributed by atoms with E-state index in [0.29, 0.717) is 0 Å². The smallest absolute Gasteiger partial charge is 0.328 e. The third-order valence-electron chi connectivity index (χ3n) is 5.21. The fourth-order valence-corrected chi connectivity index (χ4v) is 3.81. The summed E-state index contributed by atoms with van der Waals surface area (Å²) in [5, 5.41) is 18.2. The minimum absolute atomic E-state index is 0.0980. The van der Waals surface area contributed by atoms with E-state index >= 15 is 0 Å². The van der Waals surface area contributed by atoms with Crippen LogP contribution in [0.15, 0.2) is 12.2 Å². The number of carboxylic acids is 1. The van der Waals surface area contributed by atoms with Gasteiger partial charge in [0.05, 0.1) is 12.2 Å². The number of aliphatic carboxylic acids is 1. The predicted molar refractivity (Wildman–Crippen MR) is 115 cm³/mol. The van der Waals surface area contributed by atoms with Gasteiger partial charge in [0, 0.05) is 13.2 Å². The summed E-state index contributed by atoms with van der Waals surface area (Å²) in [6.07, 6.45) is 12.4. The van der Waals surface area contributed by atoms with Crippen LogP contribution in [0.3, 0.4) is 0 Å². The Labute approximate surface area is 181 Å². The maximum Gasteiger partial charge on any atom is 0.328 e. The van der Waals surface area contributed by atoms with Crippen LogP contribution in [-0.4, -0.2) is 60.3 Å². The Kier molecular flexibility index (Phi) is 13.4. The largest absolute Gasteiger partial charge is 0.478 e. The highest BCUT2D eigenvalue weighted by Gasteiger charge is 2.42. The second-order valence-electron chi connectivity index (χ2n) is 8.63. The van der Waals surface area contributed by atoms with Gasteiger partial charge >= 0.3 is 5.97 Å². The topological polar surface area (TPSA) is 94.5 Å². The molecule has 4 atom stereocenters. The van der Waals surface area contributed by atoms with Gasteiger partial charge in [-0.1, -0.05) is 51.4 Å². The molecular weight excluding hydrogens is 388 g/mol. The number of aliphatic hydroxyl groups excluding tert-OH is 1. The third-order valence-corrected chi connectivity index (χ3v) is 5.21. The SMILES string of the molecule is COCO[C@@H]1[C@@H](/C=C/C(=O)O)OC(C)(C)O[C@@H]1CCCCCCCCCC[C@H](C)O. The van der Waals surface area contributed by atoms with Crippen LogP contribution in [0.2, 0.25) is 0 Å². The highest BCUT2D eigenvalue weighted by atomic mass is 16.7. The molecule has 1 aliphatic rings. The van der Waals surface area contributed by atoms with E-state index in [0.717, 1.165) is 38.2 Å². The lowest BCUT2D eigenvalue weighted by Crippen LogP contribution is -2.54. The van der Waals surface area contributed by atoms with Crippen LogP contribution in [0.4, 0.5) is 0 Å². The van der Waals surface area contributed by atoms with Crippen LogP contribution in [0.5, 0.6) is 0 Å². The molecule has 0 bridgehead atoms. The lowest BCUT2D eigenvalue weighted by Gasteiger charge is -2.44. The van der Waals surface area contributed by atoms with Crippen molar-refractivity contribution in [1.82, 2.24) is 0 Å². The summed E-state index contributed by atoms with van der Waals surface area (Å²) >= 11 is 0. The van der Waals surface area contributed by atoms with Gasteiger partial charge in [0.2, 0.25) is 0 Å². The molecule has 176 valence electrons. The van der Waals surface area contributed by atoms with Gasteiger partial charge in [-0.3, -0.25) is 0 Å². The van der Waals surface area contributed by atoms with Crippen LogP contribution < -0.4 is 0 Å². The van der Waals surface area contributed by atoms with Crippen LogP contribution in [-0.2, 0) is 23.7 Å². The van der Waals surface area contributed by atoms with Crippen LogP contribution >= 0.6 is 0 Å². The molecule has 0 amide bonds. The summed E-state index contributed by atoms with van der Waals surface area (Å²) in [6, 6.07) is 0. The van der Waals surface area contributed by atoms with Crippen molar-refractivity contribution in [3.8, 4) is 0 Å². The highest BCUT2D eigenvalue weighted by Crippen LogP contribution is 2.32. The molecule has 0 spiro atoms. The number of carbonyl (C=O) groups is 1. The Hall–Kier alpha value is -0.990. The summed E-state index contributed by atoms with van der Waals surface area (Å²) < 4.78 is 22.8. The minimum atomic E-state index is -1.02. The van der Waals surface area contributed by atoms with E-state index < -0.39 is 24.0 Å². The van der Waals surface area contributed by atoms with Crippen molar-refractivity contribution in [1.29, 1.82) is 0 Å². The zero-order valence-electron chi connectivity index (χ0n) is 19.2. The van der Waals surface area contributed by atoms with Crippen molar-refractivity contribution >= 4 is 5.97 Å². The van der Waals surface area contributed by atoms with Crippen molar-refractivity contribution in [2.75, 3.05) is 13.9 Å². The van der Waals surface area contributed by atoms with Crippen molar-refractivity contribution in [3.05, 3.63) is 12.2 Å². The molecule has 0 unspecified atom stereocenters. The Bertz CT molecular complexity index is 490. The molecule has 7 heteroatoms. The molecule has 1 fully saturated rings. The lowest BCUT2D eigenvalue weighted by molar-refractivity contribution is -0.335. The highest BCUT2D eigenvalue weighted by molar-refractivity contribution is 5.79. The standard InChI is InChI=1S/C23H42O7/c1-18(24)13-11-9-7-5-6-8-10-12-14-19-22(28-17-27-4)20(15-16-21(25)26)30-23(2,3)29-19/h15-16,18-20,22,24H,5-14,17H2,1-4H3,(H,25,26)/b16-15+/t18-,19+,20+,22-/m0/s1. The molecule has 1 rings (SSSR count). The normalized spacial score (nSPS) is 24.9. The first-order chi connectivity index (χ1) is 14.2. The predicted octanol–water partition coefficient (Wildman–Crippen LogP) is 4.42. The van der Waals surface area contributed by atoms with E-state index in [1.165, 1.54) is 38.2 Å². The molecular formula is C23H42O7. The summed E-state index contributed by atoms with van der Waals surface area (Å²) in [4.78, 5) is 10.9. The molecule has 7 nitrogen and oxygen atoms in total. The van der Waals surface area contributed by atoms with Crippen LogP contribution in [0.1, 0.15) is 85.0 Å². The number of rotatable bonds is 16. The average molecular weight is 431 g/mol. The summed E-state index contributed by atoms with van der Waals surface area (Å²) in [5.41, 5.74) is 0. The first-order valence-electron chi connectivity index (χ1n) is 11.3. The molecule has 2 N–H and O–H groups in total. The van der Waals surface area contributed by atoms with Crippen molar-refractivity contribution < 1.29 is 34.0 Å². The van der Waals surface area contributed by atoms with E-state index in [9.17, 15) is 9.90 Å². The van der Waals surface area contributed by atoms with E-state index in [-0.39, 0.29) is 19.0 Å². The second kappa shape index (κ2) is 14.9. The monoisotopic (exact) mass is 430 g/mol. The summed E-state index contributed by atoms with van der Waals surface area (Å²) in [7, 11) is 1.55. The number of aliphatic hydroxyl groups is 1. The zero-order valence-corrected chi connectivity index (χ0v) is 19.2. The number of carboxylic acid groups (broad SMARTS) is 1. The number of ether oxygens (including phenoxy) is 4. The summed E-state index contributed by atoms with van der Waals surface area (Å²) in [6.45, 7) is 5.62. The lowest BCUT2D eigenvalue weighted by atomic mass is 9.97. The molecule has 1 aliphatic heterocycles. The van der Waals surface area contributed by atoms with Gasteiger partial charge < -0.3 is 29.2 Å². The van der Waals surface area contributed by atoms with E-state index in [4.69, 9.17) is 24.1 Å².